The SMILES string of the molecule is COC(=O)c1c(Cl)nc(SC)nc1C(C)(C(=O)OC)C(=O)OC. The van der Waals surface area contributed by atoms with Gasteiger partial charge in [-0.05, 0) is 13.2 Å². The zero-order valence-corrected chi connectivity index (χ0v) is 14.7. The molecule has 0 amide bonds. The molecule has 1 heterocycles. The smallest absolute Gasteiger partial charge is 0.342 e. The molecule has 0 aliphatic carbocycles. The van der Waals surface area contributed by atoms with Gasteiger partial charge in [0.2, 0.25) is 5.41 Å². The second kappa shape index (κ2) is 7.60. The average Bonchev–Trinajstić information content (AvgIpc) is 2.57. The van der Waals surface area contributed by atoms with Crippen molar-refractivity contribution in [2.24, 2.45) is 0 Å². The van der Waals surface area contributed by atoms with E-state index in [1.54, 1.807) is 6.26 Å². The van der Waals surface area contributed by atoms with Gasteiger partial charge in [0.1, 0.15) is 10.7 Å². The second-order valence-corrected chi connectivity index (χ2v) is 5.46. The lowest BCUT2D eigenvalue weighted by atomic mass is 9.84. The van der Waals surface area contributed by atoms with Crippen molar-refractivity contribution in [1.82, 2.24) is 9.97 Å². The summed E-state index contributed by atoms with van der Waals surface area (Å²) in [5, 5.41) is -0.0816. The summed E-state index contributed by atoms with van der Waals surface area (Å²) in [4.78, 5) is 44.5. The normalized spacial score (nSPS) is 10.9. The number of esters is 3. The molecule has 0 unspecified atom stereocenters. The van der Waals surface area contributed by atoms with Gasteiger partial charge in [0.25, 0.3) is 0 Å². The molecule has 126 valence electrons. The quantitative estimate of drug-likeness (QED) is 0.191. The number of ether oxygens (including phenoxy) is 3. The summed E-state index contributed by atoms with van der Waals surface area (Å²) < 4.78 is 14.0. The van der Waals surface area contributed by atoms with Crippen LogP contribution in [-0.2, 0) is 29.2 Å². The number of aromatic nitrogens is 2. The van der Waals surface area contributed by atoms with Crippen molar-refractivity contribution in [1.29, 1.82) is 0 Å². The molecule has 10 heteroatoms. The van der Waals surface area contributed by atoms with Crippen molar-refractivity contribution in [3.63, 3.8) is 0 Å². The Morgan fingerprint density at radius 1 is 1.04 bits per heavy atom. The zero-order chi connectivity index (χ0) is 17.8. The van der Waals surface area contributed by atoms with Crippen LogP contribution in [0, 0.1) is 0 Å². The van der Waals surface area contributed by atoms with E-state index < -0.39 is 23.3 Å². The minimum Gasteiger partial charge on any atom is -0.468 e. The van der Waals surface area contributed by atoms with Crippen LogP contribution >= 0.6 is 23.4 Å². The van der Waals surface area contributed by atoms with E-state index in [0.29, 0.717) is 0 Å². The molecule has 8 nitrogen and oxygen atoms in total. The van der Waals surface area contributed by atoms with Crippen molar-refractivity contribution in [3.05, 3.63) is 16.4 Å². The van der Waals surface area contributed by atoms with Crippen molar-refractivity contribution in [2.75, 3.05) is 27.6 Å². The van der Waals surface area contributed by atoms with Crippen LogP contribution in [0.15, 0.2) is 5.16 Å². The monoisotopic (exact) mass is 362 g/mol. The van der Waals surface area contributed by atoms with E-state index in [2.05, 4.69) is 24.2 Å². The summed E-state index contributed by atoms with van der Waals surface area (Å²) in [5.41, 5.74) is -2.55. The van der Waals surface area contributed by atoms with E-state index >= 15 is 0 Å². The van der Waals surface area contributed by atoms with Crippen molar-refractivity contribution >= 4 is 41.3 Å². The number of nitrogens with zero attached hydrogens (tertiary/aromatic N) is 2. The molecule has 0 spiro atoms. The van der Waals surface area contributed by atoms with Crippen LogP contribution in [0.4, 0.5) is 0 Å². The van der Waals surface area contributed by atoms with Crippen LogP contribution in [0.2, 0.25) is 5.15 Å². The van der Waals surface area contributed by atoms with Gasteiger partial charge < -0.3 is 14.2 Å². The molecular weight excluding hydrogens is 348 g/mol. The standard InChI is InChI=1S/C13H15ClN2O6S/c1-13(10(18)21-3,11(19)22-4)7-6(9(17)20-2)8(14)16-12(15-7)23-5/h1-5H3. The number of carbonyl (C=O) groups is 3. The molecule has 23 heavy (non-hydrogen) atoms. The largest absolute Gasteiger partial charge is 0.468 e. The van der Waals surface area contributed by atoms with Gasteiger partial charge in [0.05, 0.1) is 27.0 Å². The number of rotatable bonds is 5. The molecule has 1 rings (SSSR count). The summed E-state index contributed by atoms with van der Waals surface area (Å²) in [6.45, 7) is 1.22. The maximum Gasteiger partial charge on any atom is 0.342 e. The molecule has 1 aromatic heterocycles. The molecule has 0 aromatic carbocycles. The molecule has 0 saturated carbocycles. The van der Waals surface area contributed by atoms with Gasteiger partial charge in [0.15, 0.2) is 5.16 Å². The van der Waals surface area contributed by atoms with Crippen LogP contribution in [0.25, 0.3) is 0 Å². The number of thioether (sulfide) groups is 1. The van der Waals surface area contributed by atoms with E-state index in [9.17, 15) is 14.4 Å². The molecule has 1 aromatic rings. The summed E-state index contributed by atoms with van der Waals surface area (Å²) in [7, 11) is 3.32. The van der Waals surface area contributed by atoms with Gasteiger partial charge >= 0.3 is 17.9 Å². The fourth-order valence-corrected chi connectivity index (χ4v) is 2.50. The maximum absolute atomic E-state index is 12.2. The summed E-state index contributed by atoms with van der Waals surface area (Å²) in [5.74, 6) is -2.82. The molecule has 0 aliphatic rings. The third kappa shape index (κ3) is 3.40. The van der Waals surface area contributed by atoms with E-state index in [0.717, 1.165) is 33.1 Å². The fourth-order valence-electron chi connectivity index (χ4n) is 1.84. The minimum atomic E-state index is -2.01. The van der Waals surface area contributed by atoms with Crippen LogP contribution in [0.5, 0.6) is 0 Å². The molecule has 0 aliphatic heterocycles. The average molecular weight is 363 g/mol. The summed E-state index contributed by atoms with van der Waals surface area (Å²) >= 11 is 7.14. The summed E-state index contributed by atoms with van der Waals surface area (Å²) in [6.07, 6.45) is 1.67. The topological polar surface area (TPSA) is 105 Å². The highest BCUT2D eigenvalue weighted by atomic mass is 35.5. The molecule has 0 saturated heterocycles. The van der Waals surface area contributed by atoms with E-state index in [-0.39, 0.29) is 21.6 Å². The third-order valence-electron chi connectivity index (χ3n) is 3.08. The first-order chi connectivity index (χ1) is 10.8. The number of carbonyl (C=O) groups excluding carboxylic acids is 3. The first kappa shape index (κ1) is 19.2. The van der Waals surface area contributed by atoms with Gasteiger partial charge in [-0.25, -0.2) is 14.8 Å². The molecule has 0 fully saturated rings. The summed E-state index contributed by atoms with van der Waals surface area (Å²) in [6, 6.07) is 0. The minimum absolute atomic E-state index is 0.164. The predicted molar refractivity (Wildman–Crippen MR) is 81.5 cm³/mol. The zero-order valence-electron chi connectivity index (χ0n) is 13.1. The number of halogens is 1. The van der Waals surface area contributed by atoms with E-state index in [4.69, 9.17) is 11.6 Å². The number of hydrogen-bond donors (Lipinski definition) is 0. The van der Waals surface area contributed by atoms with Gasteiger partial charge in [-0.2, -0.15) is 0 Å². The molecule has 0 atom stereocenters. The molecular formula is C13H15ClN2O6S. The van der Waals surface area contributed by atoms with Gasteiger partial charge in [0, 0.05) is 0 Å². The molecule has 0 bridgehead atoms. The predicted octanol–water partition coefficient (Wildman–Crippen LogP) is 1.24. The maximum atomic E-state index is 12.2. The molecule has 0 N–H and O–H groups in total. The number of hydrogen-bond acceptors (Lipinski definition) is 9. The highest BCUT2D eigenvalue weighted by Gasteiger charge is 2.50. The fraction of sp³-hybridized carbons (Fsp3) is 0.462. The third-order valence-corrected chi connectivity index (χ3v) is 3.90. The Kier molecular flexibility index (Phi) is 6.34. The van der Waals surface area contributed by atoms with Crippen molar-refractivity contribution < 1.29 is 28.6 Å². The van der Waals surface area contributed by atoms with Gasteiger partial charge in [-0.3, -0.25) is 9.59 Å². The Labute approximate surface area is 141 Å². The van der Waals surface area contributed by atoms with Crippen molar-refractivity contribution in [2.45, 2.75) is 17.5 Å². The second-order valence-electron chi connectivity index (χ2n) is 4.32. The Hall–Kier alpha value is -1.87. The van der Waals surface area contributed by atoms with Gasteiger partial charge in [-0.15, -0.1) is 0 Å². The van der Waals surface area contributed by atoms with Crippen LogP contribution < -0.4 is 0 Å². The van der Waals surface area contributed by atoms with Crippen LogP contribution in [0.3, 0.4) is 0 Å². The first-order valence-electron chi connectivity index (χ1n) is 6.15. The Bertz CT molecular complexity index is 636. The van der Waals surface area contributed by atoms with E-state index in [1.807, 2.05) is 0 Å². The van der Waals surface area contributed by atoms with Crippen molar-refractivity contribution in [3.8, 4) is 0 Å². The first-order valence-corrected chi connectivity index (χ1v) is 7.75. The molecule has 0 radical (unpaired) electrons. The number of methoxy groups -OCH3 is 3. The Morgan fingerprint density at radius 3 is 1.96 bits per heavy atom. The lowest BCUT2D eigenvalue weighted by Crippen LogP contribution is -2.45. The van der Waals surface area contributed by atoms with Crippen LogP contribution in [-0.4, -0.2) is 55.5 Å². The highest BCUT2D eigenvalue weighted by molar-refractivity contribution is 7.98. The van der Waals surface area contributed by atoms with Crippen LogP contribution in [0.1, 0.15) is 23.0 Å². The van der Waals surface area contributed by atoms with E-state index in [1.165, 1.54) is 6.92 Å². The van der Waals surface area contributed by atoms with Gasteiger partial charge in [-0.1, -0.05) is 23.4 Å². The Morgan fingerprint density at radius 2 is 1.57 bits per heavy atom. The lowest BCUT2D eigenvalue weighted by Gasteiger charge is -2.25. The highest BCUT2D eigenvalue weighted by Crippen LogP contribution is 2.33. The lowest BCUT2D eigenvalue weighted by molar-refractivity contribution is -0.161. The Balaban J connectivity index is 3.83.